The Bertz CT molecular complexity index is 1150. The normalized spacial score (nSPS) is 16.1. The minimum absolute atomic E-state index is 0.0703. The molecule has 158 valence electrons. The number of hydrogen-bond acceptors (Lipinski definition) is 4. The summed E-state index contributed by atoms with van der Waals surface area (Å²) in [6, 6.07) is 21.7. The highest BCUT2D eigenvalue weighted by molar-refractivity contribution is 8.01. The summed E-state index contributed by atoms with van der Waals surface area (Å²) in [4.78, 5) is 26.1. The van der Waals surface area contributed by atoms with Crippen molar-refractivity contribution in [1.29, 1.82) is 0 Å². The number of nitrogens with zero attached hydrogens (tertiary/aromatic N) is 1. The summed E-state index contributed by atoms with van der Waals surface area (Å²) in [5.41, 5.74) is 2.55. The van der Waals surface area contributed by atoms with Crippen molar-refractivity contribution in [3.8, 4) is 0 Å². The van der Waals surface area contributed by atoms with Crippen molar-refractivity contribution < 1.29 is 13.8 Å². The molecule has 3 aromatic carbocycles. The zero-order valence-corrected chi connectivity index (χ0v) is 18.6. The largest absolute Gasteiger partial charge is 0.324 e. The van der Waals surface area contributed by atoms with Gasteiger partial charge in [0.1, 0.15) is 0 Å². The van der Waals surface area contributed by atoms with Gasteiger partial charge in [-0.25, -0.2) is 4.21 Å². The number of benzene rings is 3. The van der Waals surface area contributed by atoms with Gasteiger partial charge in [-0.2, -0.15) is 0 Å². The molecule has 1 heterocycles. The molecule has 0 spiro atoms. The number of nitrogens with one attached hydrogen (secondary N) is 2. The second-order valence-electron chi connectivity index (χ2n) is 7.02. The van der Waals surface area contributed by atoms with Crippen LogP contribution in [0.15, 0.2) is 82.6 Å². The van der Waals surface area contributed by atoms with Crippen molar-refractivity contribution in [3.05, 3.63) is 78.4 Å². The summed E-state index contributed by atoms with van der Waals surface area (Å²) in [7, 11) is 0.407. The van der Waals surface area contributed by atoms with E-state index in [-0.39, 0.29) is 17.1 Å². The standard InChI is InChI=1S/C23H21N3O3S2/c1-15-22(27)25-20-14-16(8-13-21(20)30-15)23(28)24-17-9-11-19(12-10-17)31(29)26(2)18-6-4-3-5-7-18/h3-15H,1-2H3,(H,24,28)(H,25,27). The van der Waals surface area contributed by atoms with Crippen molar-refractivity contribution in [2.75, 3.05) is 22.0 Å². The van der Waals surface area contributed by atoms with Crippen LogP contribution in [-0.4, -0.2) is 28.3 Å². The lowest BCUT2D eigenvalue weighted by molar-refractivity contribution is -0.115. The number of para-hydroxylation sites is 1. The Morgan fingerprint density at radius 1 is 1.06 bits per heavy atom. The first-order valence-corrected chi connectivity index (χ1v) is 11.6. The summed E-state index contributed by atoms with van der Waals surface area (Å²) < 4.78 is 14.5. The smallest absolute Gasteiger partial charge is 0.255 e. The number of thioether (sulfide) groups is 1. The number of carbonyl (C=O) groups is 2. The van der Waals surface area contributed by atoms with E-state index >= 15 is 0 Å². The number of hydrogen-bond donors (Lipinski definition) is 2. The molecule has 1 aliphatic rings. The molecule has 6 nitrogen and oxygen atoms in total. The number of amides is 2. The van der Waals surface area contributed by atoms with Crippen LogP contribution in [-0.2, 0) is 15.8 Å². The van der Waals surface area contributed by atoms with Crippen LogP contribution in [0.2, 0.25) is 0 Å². The van der Waals surface area contributed by atoms with Crippen LogP contribution >= 0.6 is 11.8 Å². The van der Waals surface area contributed by atoms with E-state index in [4.69, 9.17) is 0 Å². The molecule has 2 N–H and O–H groups in total. The molecule has 31 heavy (non-hydrogen) atoms. The van der Waals surface area contributed by atoms with Crippen LogP contribution in [0, 0.1) is 0 Å². The molecule has 0 saturated carbocycles. The maximum absolute atomic E-state index is 12.8. The third-order valence-electron chi connectivity index (χ3n) is 4.85. The maximum Gasteiger partial charge on any atom is 0.255 e. The fourth-order valence-electron chi connectivity index (χ4n) is 3.10. The first-order chi connectivity index (χ1) is 14.9. The minimum Gasteiger partial charge on any atom is -0.324 e. The first-order valence-electron chi connectivity index (χ1n) is 9.66. The van der Waals surface area contributed by atoms with Crippen molar-refractivity contribution >= 4 is 51.6 Å². The highest BCUT2D eigenvalue weighted by Gasteiger charge is 2.23. The molecule has 0 saturated heterocycles. The minimum atomic E-state index is -1.37. The third kappa shape index (κ3) is 4.65. The lowest BCUT2D eigenvalue weighted by Gasteiger charge is -2.21. The van der Waals surface area contributed by atoms with E-state index in [1.807, 2.05) is 43.3 Å². The van der Waals surface area contributed by atoms with Crippen molar-refractivity contribution in [2.24, 2.45) is 0 Å². The molecule has 1 aliphatic heterocycles. The zero-order chi connectivity index (χ0) is 22.0. The van der Waals surface area contributed by atoms with Crippen molar-refractivity contribution in [2.45, 2.75) is 22.0 Å². The molecule has 8 heteroatoms. The van der Waals surface area contributed by atoms with Gasteiger partial charge < -0.3 is 10.6 Å². The molecule has 4 rings (SSSR count). The Hall–Kier alpha value is -3.10. The summed E-state index contributed by atoms with van der Waals surface area (Å²) in [5.74, 6) is -0.352. The number of anilines is 3. The average Bonchev–Trinajstić information content (AvgIpc) is 2.79. The Morgan fingerprint density at radius 2 is 1.77 bits per heavy atom. The number of rotatable bonds is 5. The van der Waals surface area contributed by atoms with E-state index in [2.05, 4.69) is 10.6 Å². The molecule has 0 aliphatic carbocycles. The lowest BCUT2D eigenvalue weighted by Crippen LogP contribution is -2.26. The van der Waals surface area contributed by atoms with Gasteiger partial charge in [0.2, 0.25) is 5.91 Å². The van der Waals surface area contributed by atoms with Gasteiger partial charge in [-0.05, 0) is 61.5 Å². The molecule has 0 aromatic heterocycles. The summed E-state index contributed by atoms with van der Waals surface area (Å²) in [5, 5.41) is 5.52. The van der Waals surface area contributed by atoms with Gasteiger partial charge in [-0.15, -0.1) is 11.8 Å². The molecule has 0 fully saturated rings. The van der Waals surface area contributed by atoms with Crippen LogP contribution in [0.5, 0.6) is 0 Å². The van der Waals surface area contributed by atoms with E-state index in [9.17, 15) is 13.8 Å². The van der Waals surface area contributed by atoms with Crippen LogP contribution in [0.4, 0.5) is 17.1 Å². The Labute approximate surface area is 187 Å². The average molecular weight is 452 g/mol. The van der Waals surface area contributed by atoms with Gasteiger partial charge in [0.15, 0.2) is 11.0 Å². The van der Waals surface area contributed by atoms with Gasteiger partial charge in [-0.3, -0.25) is 13.9 Å². The molecule has 0 radical (unpaired) electrons. The summed E-state index contributed by atoms with van der Waals surface area (Å²) in [6.45, 7) is 1.85. The van der Waals surface area contributed by atoms with Gasteiger partial charge >= 0.3 is 0 Å². The van der Waals surface area contributed by atoms with Crippen LogP contribution in [0.1, 0.15) is 17.3 Å². The van der Waals surface area contributed by atoms with E-state index in [1.54, 1.807) is 47.8 Å². The highest BCUT2D eigenvalue weighted by Crippen LogP contribution is 2.36. The topological polar surface area (TPSA) is 78.5 Å². The van der Waals surface area contributed by atoms with E-state index in [0.717, 1.165) is 10.6 Å². The first kappa shape index (κ1) is 21.1. The van der Waals surface area contributed by atoms with Gasteiger partial charge in [0.25, 0.3) is 5.91 Å². The molecule has 2 amide bonds. The van der Waals surface area contributed by atoms with Gasteiger partial charge in [0, 0.05) is 28.9 Å². The molecule has 0 bridgehead atoms. The van der Waals surface area contributed by atoms with Crippen LogP contribution in [0.3, 0.4) is 0 Å². The third-order valence-corrected chi connectivity index (χ3v) is 7.42. The Kier molecular flexibility index (Phi) is 6.11. The van der Waals surface area contributed by atoms with Gasteiger partial charge in [0.05, 0.1) is 15.8 Å². The Balaban J connectivity index is 1.44. The Morgan fingerprint density at radius 3 is 2.48 bits per heavy atom. The predicted molar refractivity (Wildman–Crippen MR) is 126 cm³/mol. The maximum atomic E-state index is 12.8. The molecular formula is C23H21N3O3S2. The van der Waals surface area contributed by atoms with Gasteiger partial charge in [-0.1, -0.05) is 18.2 Å². The number of fused-ring (bicyclic) bond motifs is 1. The number of carbonyl (C=O) groups excluding carboxylic acids is 2. The monoisotopic (exact) mass is 451 g/mol. The van der Waals surface area contributed by atoms with Crippen LogP contribution < -0.4 is 14.9 Å². The lowest BCUT2D eigenvalue weighted by atomic mass is 10.1. The molecular weight excluding hydrogens is 430 g/mol. The summed E-state index contributed by atoms with van der Waals surface area (Å²) >= 11 is 1.47. The molecule has 2 unspecified atom stereocenters. The quantitative estimate of drug-likeness (QED) is 0.597. The van der Waals surface area contributed by atoms with Crippen molar-refractivity contribution in [1.82, 2.24) is 0 Å². The highest BCUT2D eigenvalue weighted by atomic mass is 32.2. The second kappa shape index (κ2) is 8.95. The van der Waals surface area contributed by atoms with Crippen LogP contribution in [0.25, 0.3) is 0 Å². The van der Waals surface area contributed by atoms with Crippen molar-refractivity contribution in [3.63, 3.8) is 0 Å². The second-order valence-corrected chi connectivity index (χ2v) is 9.92. The van der Waals surface area contributed by atoms with E-state index in [1.165, 1.54) is 11.8 Å². The molecule has 3 aromatic rings. The molecule has 2 atom stereocenters. The predicted octanol–water partition coefficient (Wildman–Crippen LogP) is 4.53. The fourth-order valence-corrected chi connectivity index (χ4v) is 5.03. The fraction of sp³-hybridized carbons (Fsp3) is 0.130. The van der Waals surface area contributed by atoms with E-state index in [0.29, 0.717) is 21.8 Å². The SMILES string of the molecule is CC1Sc2ccc(C(=O)Nc3ccc(S(=O)N(C)c4ccccc4)cc3)cc2NC1=O. The zero-order valence-electron chi connectivity index (χ0n) is 17.0. The van der Waals surface area contributed by atoms with E-state index < -0.39 is 11.0 Å². The summed E-state index contributed by atoms with van der Waals surface area (Å²) in [6.07, 6.45) is 0.